The van der Waals surface area contributed by atoms with Crippen LogP contribution in [0.1, 0.15) is 23.6 Å². The molecule has 2 N–H and O–H groups in total. The fourth-order valence-corrected chi connectivity index (χ4v) is 1.36. The van der Waals surface area contributed by atoms with Gasteiger partial charge in [-0.15, -0.1) is 12.4 Å². The maximum Gasteiger partial charge on any atom is 0.240 e. The molecule has 1 rings (SSSR count). The SMILES string of the molecule is Cc1ccc([C@H](N)CC(F)F)cc1Cl.Cl. The van der Waals surface area contributed by atoms with Gasteiger partial charge in [0.15, 0.2) is 0 Å². The van der Waals surface area contributed by atoms with E-state index in [2.05, 4.69) is 0 Å². The number of halogens is 4. The normalized spacial score (nSPS) is 12.4. The van der Waals surface area contributed by atoms with Gasteiger partial charge in [0.25, 0.3) is 0 Å². The average Bonchev–Trinajstić information content (AvgIpc) is 2.08. The molecule has 0 aromatic heterocycles. The molecule has 0 fully saturated rings. The highest BCUT2D eigenvalue weighted by molar-refractivity contribution is 6.31. The molecule has 15 heavy (non-hydrogen) atoms. The topological polar surface area (TPSA) is 26.0 Å². The Morgan fingerprint density at radius 3 is 2.47 bits per heavy atom. The second-order valence-electron chi connectivity index (χ2n) is 3.24. The van der Waals surface area contributed by atoms with Crippen LogP contribution in [0.2, 0.25) is 5.02 Å². The molecule has 1 nitrogen and oxygen atoms in total. The summed E-state index contributed by atoms with van der Waals surface area (Å²) < 4.78 is 24.1. The largest absolute Gasteiger partial charge is 0.324 e. The van der Waals surface area contributed by atoms with Gasteiger partial charge in [-0.25, -0.2) is 8.78 Å². The molecule has 1 aromatic rings. The Bertz CT molecular complexity index is 318. The van der Waals surface area contributed by atoms with E-state index < -0.39 is 12.5 Å². The molecule has 0 aliphatic heterocycles. The lowest BCUT2D eigenvalue weighted by Gasteiger charge is -2.12. The van der Waals surface area contributed by atoms with Crippen molar-refractivity contribution < 1.29 is 8.78 Å². The summed E-state index contributed by atoms with van der Waals surface area (Å²) in [6.07, 6.45) is -2.72. The fourth-order valence-electron chi connectivity index (χ4n) is 1.17. The lowest BCUT2D eigenvalue weighted by atomic mass is 10.0. The Morgan fingerprint density at radius 1 is 1.40 bits per heavy atom. The van der Waals surface area contributed by atoms with E-state index in [4.69, 9.17) is 17.3 Å². The predicted molar refractivity (Wildman–Crippen MR) is 61.0 cm³/mol. The standard InChI is InChI=1S/C10H12ClF2N.ClH/c1-6-2-3-7(4-8(6)11)9(14)5-10(12)13;/h2-4,9-10H,5,14H2,1H3;1H/t9-;/m1./s1. The van der Waals surface area contributed by atoms with E-state index in [1.165, 1.54) is 0 Å². The van der Waals surface area contributed by atoms with Crippen molar-refractivity contribution in [1.82, 2.24) is 0 Å². The molecule has 0 aliphatic carbocycles. The number of alkyl halides is 2. The summed E-state index contributed by atoms with van der Waals surface area (Å²) in [4.78, 5) is 0. The maximum atomic E-state index is 12.0. The average molecular weight is 256 g/mol. The molecule has 0 saturated carbocycles. The number of hydrogen-bond donors (Lipinski definition) is 1. The van der Waals surface area contributed by atoms with E-state index in [-0.39, 0.29) is 18.8 Å². The molecule has 1 atom stereocenters. The van der Waals surface area contributed by atoms with E-state index in [9.17, 15) is 8.78 Å². The quantitative estimate of drug-likeness (QED) is 0.876. The van der Waals surface area contributed by atoms with Gasteiger partial charge >= 0.3 is 0 Å². The smallest absolute Gasteiger partial charge is 0.240 e. The van der Waals surface area contributed by atoms with Crippen molar-refractivity contribution in [1.29, 1.82) is 0 Å². The number of nitrogens with two attached hydrogens (primary N) is 1. The van der Waals surface area contributed by atoms with Gasteiger partial charge < -0.3 is 5.73 Å². The first-order valence-electron chi connectivity index (χ1n) is 4.30. The van der Waals surface area contributed by atoms with Crippen LogP contribution in [-0.2, 0) is 0 Å². The third-order valence-electron chi connectivity index (χ3n) is 2.06. The lowest BCUT2D eigenvalue weighted by molar-refractivity contribution is 0.128. The molecule has 0 aliphatic rings. The van der Waals surface area contributed by atoms with Crippen LogP contribution in [0.25, 0.3) is 0 Å². The van der Waals surface area contributed by atoms with Gasteiger partial charge in [0.2, 0.25) is 6.43 Å². The Balaban J connectivity index is 0.00000196. The molecule has 0 amide bonds. The van der Waals surface area contributed by atoms with Gasteiger partial charge in [0.1, 0.15) is 0 Å². The zero-order chi connectivity index (χ0) is 10.7. The molecule has 0 radical (unpaired) electrons. The molecule has 0 unspecified atom stereocenters. The zero-order valence-corrected chi connectivity index (χ0v) is 9.79. The van der Waals surface area contributed by atoms with Crippen LogP contribution in [0, 0.1) is 6.92 Å². The number of benzene rings is 1. The molecular formula is C10H13Cl2F2N. The molecular weight excluding hydrogens is 243 g/mol. The van der Waals surface area contributed by atoms with E-state index in [1.54, 1.807) is 18.2 Å². The number of aryl methyl sites for hydroxylation is 1. The molecule has 0 heterocycles. The van der Waals surface area contributed by atoms with Crippen molar-refractivity contribution >= 4 is 24.0 Å². The fraction of sp³-hybridized carbons (Fsp3) is 0.400. The first kappa shape index (κ1) is 14.6. The summed E-state index contributed by atoms with van der Waals surface area (Å²) in [6.45, 7) is 1.85. The first-order chi connectivity index (χ1) is 6.50. The van der Waals surface area contributed by atoms with Crippen LogP contribution in [0.3, 0.4) is 0 Å². The third kappa shape index (κ3) is 4.33. The van der Waals surface area contributed by atoms with E-state index in [0.29, 0.717) is 10.6 Å². The summed E-state index contributed by atoms with van der Waals surface area (Å²) in [6, 6.07) is 4.51. The van der Waals surface area contributed by atoms with Gasteiger partial charge in [-0.2, -0.15) is 0 Å². The summed E-state index contributed by atoms with van der Waals surface area (Å²) in [5.41, 5.74) is 7.15. The molecule has 1 aromatic carbocycles. The van der Waals surface area contributed by atoms with Crippen molar-refractivity contribution in [3.05, 3.63) is 34.3 Å². The maximum absolute atomic E-state index is 12.0. The van der Waals surface area contributed by atoms with Crippen molar-refractivity contribution in [2.24, 2.45) is 5.73 Å². The van der Waals surface area contributed by atoms with Crippen LogP contribution >= 0.6 is 24.0 Å². The molecule has 0 bridgehead atoms. The van der Waals surface area contributed by atoms with Gasteiger partial charge in [-0.1, -0.05) is 23.7 Å². The van der Waals surface area contributed by atoms with Gasteiger partial charge in [0, 0.05) is 17.5 Å². The number of hydrogen-bond acceptors (Lipinski definition) is 1. The summed E-state index contributed by atoms with van der Waals surface area (Å²) >= 11 is 5.85. The lowest BCUT2D eigenvalue weighted by Crippen LogP contribution is -2.13. The summed E-state index contributed by atoms with van der Waals surface area (Å²) in [7, 11) is 0. The molecule has 86 valence electrons. The Hall–Kier alpha value is -0.380. The summed E-state index contributed by atoms with van der Waals surface area (Å²) in [5.74, 6) is 0. The van der Waals surface area contributed by atoms with Crippen LogP contribution in [-0.4, -0.2) is 6.43 Å². The highest BCUT2D eigenvalue weighted by Gasteiger charge is 2.13. The molecule has 0 spiro atoms. The van der Waals surface area contributed by atoms with E-state index in [1.807, 2.05) is 6.92 Å². The second kappa shape index (κ2) is 6.26. The van der Waals surface area contributed by atoms with Crippen LogP contribution in [0.4, 0.5) is 8.78 Å². The minimum absolute atomic E-state index is 0. The van der Waals surface area contributed by atoms with Crippen molar-refractivity contribution in [2.75, 3.05) is 0 Å². The molecule has 5 heteroatoms. The van der Waals surface area contributed by atoms with Crippen LogP contribution in [0.15, 0.2) is 18.2 Å². The van der Waals surface area contributed by atoms with Gasteiger partial charge in [-0.05, 0) is 24.1 Å². The predicted octanol–water partition coefficient (Wildman–Crippen LogP) is 3.73. The van der Waals surface area contributed by atoms with E-state index in [0.717, 1.165) is 5.56 Å². The van der Waals surface area contributed by atoms with Gasteiger partial charge in [0.05, 0.1) is 0 Å². The van der Waals surface area contributed by atoms with Crippen molar-refractivity contribution in [2.45, 2.75) is 25.8 Å². The highest BCUT2D eigenvalue weighted by atomic mass is 35.5. The highest BCUT2D eigenvalue weighted by Crippen LogP contribution is 2.23. The van der Waals surface area contributed by atoms with Gasteiger partial charge in [-0.3, -0.25) is 0 Å². The van der Waals surface area contributed by atoms with E-state index >= 15 is 0 Å². The third-order valence-corrected chi connectivity index (χ3v) is 2.46. The number of rotatable bonds is 3. The minimum Gasteiger partial charge on any atom is -0.324 e. The van der Waals surface area contributed by atoms with Crippen molar-refractivity contribution in [3.8, 4) is 0 Å². The molecule has 0 saturated heterocycles. The van der Waals surface area contributed by atoms with Crippen LogP contribution < -0.4 is 5.73 Å². The Morgan fingerprint density at radius 2 is 2.00 bits per heavy atom. The Kier molecular flexibility index (Phi) is 6.10. The van der Waals surface area contributed by atoms with Crippen molar-refractivity contribution in [3.63, 3.8) is 0 Å². The Labute approximate surface area is 99.0 Å². The monoisotopic (exact) mass is 255 g/mol. The minimum atomic E-state index is -2.38. The first-order valence-corrected chi connectivity index (χ1v) is 4.68. The summed E-state index contributed by atoms with van der Waals surface area (Å²) in [5, 5.41) is 0.562. The zero-order valence-electron chi connectivity index (χ0n) is 8.21. The second-order valence-corrected chi connectivity index (χ2v) is 3.65. The van der Waals surface area contributed by atoms with Crippen LogP contribution in [0.5, 0.6) is 0 Å².